The van der Waals surface area contributed by atoms with E-state index in [2.05, 4.69) is 27.0 Å². The quantitative estimate of drug-likeness (QED) is 0.151. The Morgan fingerprint density at radius 3 is 2.81 bits per heavy atom. The molecule has 2 aliphatic heterocycles. The largest absolute Gasteiger partial charge is 0.544 e. The van der Waals surface area contributed by atoms with Crippen LogP contribution < -0.4 is 20.7 Å². The third kappa shape index (κ3) is 6.84. The number of carbonyl (C=O) groups excluding carboxylic acids is 1. The Morgan fingerprint density at radius 2 is 2.11 bits per heavy atom. The summed E-state index contributed by atoms with van der Waals surface area (Å²) in [6.07, 6.45) is 3.62. The summed E-state index contributed by atoms with van der Waals surface area (Å²) >= 11 is 0. The van der Waals surface area contributed by atoms with Crippen molar-refractivity contribution in [3.8, 4) is 5.75 Å². The van der Waals surface area contributed by atoms with Crippen LogP contribution in [0.3, 0.4) is 0 Å². The highest BCUT2D eigenvalue weighted by Crippen LogP contribution is 2.54. The second kappa shape index (κ2) is 11.8. The Kier molecular flexibility index (Phi) is 8.79. The van der Waals surface area contributed by atoms with Gasteiger partial charge in [-0.1, -0.05) is 29.4 Å². The first-order valence-corrected chi connectivity index (χ1v) is 13.9. The number of fused-ring (bicyclic) bond motifs is 1. The SMILES string of the molecule is C=C[C@H](N[P+](O)(OCC1CCC(N2C=NC3C(=O)NC(N)=NC32)C1)Oc1ccccc1)C(O)OC(C)C. The van der Waals surface area contributed by atoms with Gasteiger partial charge in [-0.25, -0.2) is 4.99 Å². The van der Waals surface area contributed by atoms with Gasteiger partial charge in [0, 0.05) is 6.04 Å². The van der Waals surface area contributed by atoms with E-state index in [0.29, 0.717) is 5.75 Å². The predicted molar refractivity (Wildman–Crippen MR) is 140 cm³/mol. The molecular formula is C24H36N6O6P+. The molecule has 1 aliphatic carbocycles. The lowest BCUT2D eigenvalue weighted by atomic mass is 10.1. The zero-order chi connectivity index (χ0) is 26.6. The van der Waals surface area contributed by atoms with E-state index >= 15 is 0 Å². The number of hydrogen-bond donors (Lipinski definition) is 5. The average molecular weight is 536 g/mol. The topological polar surface area (TPSA) is 163 Å². The zero-order valence-electron chi connectivity index (χ0n) is 21.0. The number of nitrogens with two attached hydrogens (primary N) is 1. The van der Waals surface area contributed by atoms with E-state index in [9.17, 15) is 14.8 Å². The Bertz CT molecular complexity index is 1010. The first kappa shape index (κ1) is 27.4. The Morgan fingerprint density at radius 1 is 1.35 bits per heavy atom. The van der Waals surface area contributed by atoms with Crippen molar-refractivity contribution in [3.05, 3.63) is 43.0 Å². The van der Waals surface area contributed by atoms with Gasteiger partial charge in [-0.3, -0.25) is 19.6 Å². The van der Waals surface area contributed by atoms with Crippen LogP contribution in [-0.4, -0.2) is 76.4 Å². The predicted octanol–water partition coefficient (Wildman–Crippen LogP) is 1.29. The number of hydrogen-bond acceptors (Lipinski definition) is 11. The molecule has 37 heavy (non-hydrogen) atoms. The maximum absolute atomic E-state index is 12.2. The smallest absolute Gasteiger partial charge is 0.370 e. The molecule has 7 atom stereocenters. The number of benzene rings is 1. The van der Waals surface area contributed by atoms with Crippen LogP contribution >= 0.6 is 8.09 Å². The van der Waals surface area contributed by atoms with Gasteiger partial charge in [0.15, 0.2) is 30.2 Å². The van der Waals surface area contributed by atoms with Gasteiger partial charge in [-0.15, -0.1) is 6.58 Å². The van der Waals surface area contributed by atoms with Crippen molar-refractivity contribution in [1.29, 1.82) is 0 Å². The molecule has 202 valence electrons. The van der Waals surface area contributed by atoms with Gasteiger partial charge in [0.05, 0.1) is 12.4 Å². The maximum atomic E-state index is 12.2. The molecule has 13 heteroatoms. The molecule has 1 fully saturated rings. The van der Waals surface area contributed by atoms with Crippen LogP contribution in [0.1, 0.15) is 33.1 Å². The molecule has 1 aromatic rings. The third-order valence-corrected chi connectivity index (χ3v) is 8.00. The molecule has 6 N–H and O–H groups in total. The second-order valence-electron chi connectivity index (χ2n) is 9.59. The highest BCUT2D eigenvalue weighted by atomic mass is 31.2. The van der Waals surface area contributed by atoms with Gasteiger partial charge in [-0.2, -0.15) is 9.42 Å². The Labute approximate surface area is 217 Å². The summed E-state index contributed by atoms with van der Waals surface area (Å²) in [6, 6.07) is 7.50. The molecule has 0 aromatic heterocycles. The molecule has 1 aromatic carbocycles. The summed E-state index contributed by atoms with van der Waals surface area (Å²) in [5, 5.41) is 15.9. The van der Waals surface area contributed by atoms with E-state index in [0.717, 1.165) is 19.3 Å². The van der Waals surface area contributed by atoms with Crippen molar-refractivity contribution in [2.24, 2.45) is 21.6 Å². The van der Waals surface area contributed by atoms with E-state index < -0.39 is 32.6 Å². The molecular weight excluding hydrogens is 499 g/mol. The van der Waals surface area contributed by atoms with Crippen molar-refractivity contribution < 1.29 is 28.6 Å². The van der Waals surface area contributed by atoms with Crippen LogP contribution in [0.4, 0.5) is 0 Å². The fourth-order valence-electron chi connectivity index (χ4n) is 4.66. The Balaban J connectivity index is 1.40. The summed E-state index contributed by atoms with van der Waals surface area (Å²) in [4.78, 5) is 34.3. The molecule has 0 spiro atoms. The fraction of sp³-hybridized carbons (Fsp3) is 0.542. The number of aliphatic hydroxyl groups excluding tert-OH is 1. The molecule has 0 bridgehead atoms. The van der Waals surface area contributed by atoms with E-state index in [-0.39, 0.29) is 36.5 Å². The summed E-state index contributed by atoms with van der Waals surface area (Å²) in [7, 11) is -3.69. The fourth-order valence-corrected chi connectivity index (χ4v) is 6.27. The minimum absolute atomic E-state index is 0.0963. The number of amides is 1. The van der Waals surface area contributed by atoms with Crippen LogP contribution in [-0.2, 0) is 14.1 Å². The zero-order valence-corrected chi connectivity index (χ0v) is 21.9. The van der Waals surface area contributed by atoms with E-state index in [1.54, 1.807) is 44.5 Å². The van der Waals surface area contributed by atoms with Gasteiger partial charge >= 0.3 is 8.09 Å². The van der Waals surface area contributed by atoms with Crippen LogP contribution in [0.2, 0.25) is 0 Å². The standard InChI is InChI=1S/C24H35N6O6P/c1-4-19(23(32)35-15(2)3)29-37(33,36-18-8-6-5-7-9-18)34-13-16-10-11-17(12-16)30-14-26-20-21(30)27-24(25)28-22(20)31/h4-9,14-17,19-21,23,29,32-33H,1,10-13H2,2-3H3,(H2-,25,27,28,31)/p+1/t16?,17?,19-,20?,21?,23?,37?/m0/s1. The maximum Gasteiger partial charge on any atom is 0.544 e. The van der Waals surface area contributed by atoms with E-state index in [1.807, 2.05) is 11.0 Å². The number of ether oxygens (including phenoxy) is 1. The normalized spacial score (nSPS) is 28.3. The molecule has 3 aliphatic rings. The molecule has 1 amide bonds. The lowest BCUT2D eigenvalue weighted by molar-refractivity contribution is -0.133. The number of nitrogens with one attached hydrogen (secondary N) is 2. The van der Waals surface area contributed by atoms with Crippen molar-refractivity contribution >= 4 is 26.3 Å². The third-order valence-electron chi connectivity index (χ3n) is 6.42. The molecule has 0 saturated heterocycles. The van der Waals surface area contributed by atoms with Gasteiger partial charge in [0.25, 0.3) is 5.91 Å². The van der Waals surface area contributed by atoms with Gasteiger partial charge < -0.3 is 20.5 Å². The molecule has 4 rings (SSSR count). The summed E-state index contributed by atoms with van der Waals surface area (Å²) < 4.78 is 17.4. The van der Waals surface area contributed by atoms with Gasteiger partial charge in [0.2, 0.25) is 0 Å². The van der Waals surface area contributed by atoms with Crippen molar-refractivity contribution in [3.63, 3.8) is 0 Å². The monoisotopic (exact) mass is 535 g/mol. The minimum Gasteiger partial charge on any atom is -0.370 e. The van der Waals surface area contributed by atoms with Gasteiger partial charge in [-0.05, 0) is 51.2 Å². The number of aliphatic hydroxyl groups is 1. The second-order valence-corrected chi connectivity index (χ2v) is 11.3. The average Bonchev–Trinajstić information content (AvgIpc) is 3.48. The van der Waals surface area contributed by atoms with Crippen LogP contribution in [0.5, 0.6) is 5.75 Å². The van der Waals surface area contributed by atoms with Crippen molar-refractivity contribution in [2.75, 3.05) is 6.61 Å². The lowest BCUT2D eigenvalue weighted by Crippen LogP contribution is -2.55. The first-order valence-electron chi connectivity index (χ1n) is 12.4. The minimum atomic E-state index is -3.69. The first-order chi connectivity index (χ1) is 17.7. The number of aliphatic imine (C=N–C) groups is 2. The summed E-state index contributed by atoms with van der Waals surface area (Å²) in [5.74, 6) is 0.373. The molecule has 1 saturated carbocycles. The highest BCUT2D eigenvalue weighted by Gasteiger charge is 2.49. The van der Waals surface area contributed by atoms with E-state index in [1.165, 1.54) is 6.08 Å². The number of nitrogens with zero attached hydrogens (tertiary/aromatic N) is 3. The number of rotatable bonds is 12. The Hall–Kier alpha value is -2.60. The highest BCUT2D eigenvalue weighted by molar-refractivity contribution is 7.58. The summed E-state index contributed by atoms with van der Waals surface area (Å²) in [5.41, 5.74) is 5.76. The summed E-state index contributed by atoms with van der Waals surface area (Å²) in [6.45, 7) is 7.55. The van der Waals surface area contributed by atoms with Crippen LogP contribution in [0, 0.1) is 5.92 Å². The molecule has 0 radical (unpaired) electrons. The van der Waals surface area contributed by atoms with Crippen LogP contribution in [0.25, 0.3) is 0 Å². The van der Waals surface area contributed by atoms with Crippen molar-refractivity contribution in [2.45, 2.75) is 69.8 Å². The number of guanidine groups is 1. The number of carbonyl (C=O) groups is 1. The van der Waals surface area contributed by atoms with Gasteiger partial charge in [0.1, 0.15) is 12.6 Å². The number of para-hydroxylation sites is 1. The van der Waals surface area contributed by atoms with Crippen molar-refractivity contribution in [1.82, 2.24) is 15.3 Å². The van der Waals surface area contributed by atoms with Crippen LogP contribution in [0.15, 0.2) is 53.0 Å². The molecule has 2 heterocycles. The molecule has 12 nitrogen and oxygen atoms in total. The van der Waals surface area contributed by atoms with E-state index in [4.69, 9.17) is 19.5 Å². The molecule has 6 unspecified atom stereocenters. The lowest BCUT2D eigenvalue weighted by Gasteiger charge is -2.32.